The van der Waals surface area contributed by atoms with Crippen molar-refractivity contribution in [3.8, 4) is 0 Å². The molecule has 18 heavy (non-hydrogen) atoms. The third kappa shape index (κ3) is 5.55. The van der Waals surface area contributed by atoms with Crippen molar-refractivity contribution in [1.82, 2.24) is 10.6 Å². The van der Waals surface area contributed by atoms with Crippen LogP contribution >= 0.6 is 12.4 Å². The van der Waals surface area contributed by atoms with Crippen LogP contribution in [0.15, 0.2) is 0 Å². The Morgan fingerprint density at radius 2 is 2.17 bits per heavy atom. The largest absolute Gasteiger partial charge is 0.378 e. The van der Waals surface area contributed by atoms with E-state index in [1.165, 1.54) is 12.8 Å². The van der Waals surface area contributed by atoms with Gasteiger partial charge in [-0.25, -0.2) is 0 Å². The summed E-state index contributed by atoms with van der Waals surface area (Å²) in [6, 6.07) is 0.337. The van der Waals surface area contributed by atoms with Gasteiger partial charge in [-0.05, 0) is 45.1 Å². The first-order chi connectivity index (χ1) is 8.34. The Hall–Kier alpha value is -0.320. The Balaban J connectivity index is 0.00000162. The molecule has 0 spiro atoms. The molecule has 0 aromatic rings. The van der Waals surface area contributed by atoms with Gasteiger partial charge < -0.3 is 15.4 Å². The van der Waals surface area contributed by atoms with Crippen molar-refractivity contribution < 1.29 is 9.53 Å². The molecular weight excluding hydrogens is 252 g/mol. The average Bonchev–Trinajstić information content (AvgIpc) is 2.39. The van der Waals surface area contributed by atoms with Gasteiger partial charge in [0.25, 0.3) is 0 Å². The summed E-state index contributed by atoms with van der Waals surface area (Å²) in [6.07, 6.45) is 7.63. The zero-order valence-corrected chi connectivity index (χ0v) is 11.8. The number of ether oxygens (including phenoxy) is 1. The SMILES string of the molecule is Cl.O=C(CCC1CCCCO1)NC1CCCNC1. The minimum absolute atomic E-state index is 0. The van der Waals surface area contributed by atoms with Crippen LogP contribution < -0.4 is 10.6 Å². The number of halogens is 1. The minimum atomic E-state index is 0. The molecule has 0 bridgehead atoms. The molecule has 2 aliphatic rings. The van der Waals surface area contributed by atoms with Crippen molar-refractivity contribution in [3.63, 3.8) is 0 Å². The molecule has 2 rings (SSSR count). The van der Waals surface area contributed by atoms with Crippen LogP contribution in [0.4, 0.5) is 0 Å². The molecule has 2 fully saturated rings. The smallest absolute Gasteiger partial charge is 0.220 e. The maximum atomic E-state index is 11.8. The van der Waals surface area contributed by atoms with Gasteiger partial charge in [0.1, 0.15) is 0 Å². The predicted molar refractivity (Wildman–Crippen MR) is 74.1 cm³/mol. The van der Waals surface area contributed by atoms with Gasteiger partial charge in [-0.3, -0.25) is 4.79 Å². The van der Waals surface area contributed by atoms with Crippen molar-refractivity contribution in [2.75, 3.05) is 19.7 Å². The average molecular weight is 277 g/mol. The summed E-state index contributed by atoms with van der Waals surface area (Å²) in [5.74, 6) is 0.188. The summed E-state index contributed by atoms with van der Waals surface area (Å²) in [7, 11) is 0. The first-order valence-electron chi connectivity index (χ1n) is 6.96. The molecular formula is C13H25ClN2O2. The molecule has 0 aliphatic carbocycles. The Morgan fingerprint density at radius 3 is 2.83 bits per heavy atom. The lowest BCUT2D eigenvalue weighted by Crippen LogP contribution is -2.45. The van der Waals surface area contributed by atoms with E-state index in [0.29, 0.717) is 18.6 Å². The number of nitrogens with one attached hydrogen (secondary N) is 2. The molecule has 5 heteroatoms. The van der Waals surface area contributed by atoms with Gasteiger partial charge in [0, 0.05) is 25.6 Å². The quantitative estimate of drug-likeness (QED) is 0.821. The highest BCUT2D eigenvalue weighted by Gasteiger charge is 2.18. The van der Waals surface area contributed by atoms with Crippen molar-refractivity contribution in [3.05, 3.63) is 0 Å². The highest BCUT2D eigenvalue weighted by molar-refractivity contribution is 5.85. The van der Waals surface area contributed by atoms with Crippen molar-refractivity contribution in [2.45, 2.75) is 57.1 Å². The van der Waals surface area contributed by atoms with Crippen molar-refractivity contribution >= 4 is 18.3 Å². The summed E-state index contributed by atoms with van der Waals surface area (Å²) in [4.78, 5) is 11.8. The number of hydrogen-bond acceptors (Lipinski definition) is 3. The fourth-order valence-corrected chi connectivity index (χ4v) is 2.60. The molecule has 1 amide bonds. The molecule has 2 aliphatic heterocycles. The van der Waals surface area contributed by atoms with Gasteiger partial charge in [0.15, 0.2) is 0 Å². The Bertz CT molecular complexity index is 239. The van der Waals surface area contributed by atoms with Crippen LogP contribution in [0.1, 0.15) is 44.9 Å². The van der Waals surface area contributed by atoms with E-state index in [2.05, 4.69) is 10.6 Å². The summed E-state index contributed by atoms with van der Waals surface area (Å²) >= 11 is 0. The van der Waals surface area contributed by atoms with E-state index in [9.17, 15) is 4.79 Å². The fourth-order valence-electron chi connectivity index (χ4n) is 2.60. The van der Waals surface area contributed by atoms with E-state index in [4.69, 9.17) is 4.74 Å². The first-order valence-corrected chi connectivity index (χ1v) is 6.96. The van der Waals surface area contributed by atoms with Gasteiger partial charge in [0.2, 0.25) is 5.91 Å². The zero-order valence-electron chi connectivity index (χ0n) is 11.0. The molecule has 0 radical (unpaired) electrons. The van der Waals surface area contributed by atoms with Crippen LogP contribution in [-0.2, 0) is 9.53 Å². The minimum Gasteiger partial charge on any atom is -0.378 e. The monoisotopic (exact) mass is 276 g/mol. The Morgan fingerprint density at radius 1 is 1.28 bits per heavy atom. The summed E-state index contributed by atoms with van der Waals surface area (Å²) in [5.41, 5.74) is 0. The Labute approximate surface area is 116 Å². The van der Waals surface area contributed by atoms with Gasteiger partial charge in [-0.15, -0.1) is 12.4 Å². The van der Waals surface area contributed by atoms with E-state index in [0.717, 1.165) is 45.4 Å². The lowest BCUT2D eigenvalue weighted by Gasteiger charge is -2.25. The number of hydrogen-bond donors (Lipinski definition) is 2. The highest BCUT2D eigenvalue weighted by atomic mass is 35.5. The third-order valence-corrected chi connectivity index (χ3v) is 3.63. The molecule has 106 valence electrons. The predicted octanol–water partition coefficient (Wildman–Crippen LogP) is 1.63. The second kappa shape index (κ2) is 8.73. The van der Waals surface area contributed by atoms with Gasteiger partial charge >= 0.3 is 0 Å². The van der Waals surface area contributed by atoms with Gasteiger partial charge in [0.05, 0.1) is 6.10 Å². The van der Waals surface area contributed by atoms with Crippen molar-refractivity contribution in [1.29, 1.82) is 0 Å². The standard InChI is InChI=1S/C13H24N2O2.ClH/c16-13(15-11-4-3-8-14-10-11)7-6-12-5-1-2-9-17-12;/h11-12,14H,1-10H2,(H,15,16);1H. The van der Waals surface area contributed by atoms with Crippen LogP contribution in [0.3, 0.4) is 0 Å². The molecule has 0 saturated carbocycles. The van der Waals surface area contributed by atoms with Crippen LogP contribution in [0.2, 0.25) is 0 Å². The van der Waals surface area contributed by atoms with Gasteiger partial charge in [-0.2, -0.15) is 0 Å². The first kappa shape index (κ1) is 15.7. The molecule has 0 aromatic heterocycles. The highest BCUT2D eigenvalue weighted by Crippen LogP contribution is 2.16. The van der Waals surface area contributed by atoms with E-state index < -0.39 is 0 Å². The number of carbonyl (C=O) groups is 1. The second-order valence-electron chi connectivity index (χ2n) is 5.14. The molecule has 2 saturated heterocycles. The lowest BCUT2D eigenvalue weighted by molar-refractivity contribution is -0.122. The fraction of sp³-hybridized carbons (Fsp3) is 0.923. The normalized spacial score (nSPS) is 28.2. The summed E-state index contributed by atoms with van der Waals surface area (Å²) in [6.45, 7) is 2.88. The molecule has 2 unspecified atom stereocenters. The molecule has 0 aromatic carbocycles. The van der Waals surface area contributed by atoms with Crippen LogP contribution in [0.5, 0.6) is 0 Å². The Kier molecular flexibility index (Phi) is 7.63. The summed E-state index contributed by atoms with van der Waals surface area (Å²) in [5, 5.41) is 6.41. The van der Waals surface area contributed by atoms with Crippen LogP contribution in [-0.4, -0.2) is 37.7 Å². The maximum absolute atomic E-state index is 11.8. The van der Waals surface area contributed by atoms with Crippen LogP contribution in [0, 0.1) is 0 Å². The van der Waals surface area contributed by atoms with Gasteiger partial charge in [-0.1, -0.05) is 0 Å². The topological polar surface area (TPSA) is 50.4 Å². The number of piperidine rings is 1. The van der Waals surface area contributed by atoms with E-state index in [1.807, 2.05) is 0 Å². The van der Waals surface area contributed by atoms with Crippen LogP contribution in [0.25, 0.3) is 0 Å². The van der Waals surface area contributed by atoms with E-state index in [-0.39, 0.29) is 18.3 Å². The van der Waals surface area contributed by atoms with Crippen molar-refractivity contribution in [2.24, 2.45) is 0 Å². The number of rotatable bonds is 4. The molecule has 2 N–H and O–H groups in total. The van der Waals surface area contributed by atoms with E-state index in [1.54, 1.807) is 0 Å². The summed E-state index contributed by atoms with van der Waals surface area (Å²) < 4.78 is 5.63. The second-order valence-corrected chi connectivity index (χ2v) is 5.14. The lowest BCUT2D eigenvalue weighted by atomic mass is 10.0. The zero-order chi connectivity index (χ0) is 11.9. The third-order valence-electron chi connectivity index (χ3n) is 3.63. The molecule has 2 atom stereocenters. The van der Waals surface area contributed by atoms with E-state index >= 15 is 0 Å². The number of amides is 1. The molecule has 4 nitrogen and oxygen atoms in total. The maximum Gasteiger partial charge on any atom is 0.220 e. The number of carbonyl (C=O) groups excluding carboxylic acids is 1. The molecule has 2 heterocycles.